The first-order chi connectivity index (χ1) is 19.1. The Hall–Kier alpha value is -1.44. The molecule has 0 radical (unpaired) electrons. The first kappa shape index (κ1) is 37.6. The fourth-order valence-corrected chi connectivity index (χ4v) is 3.95. The number of ether oxygens (including phenoxy) is 7. The van der Waals surface area contributed by atoms with E-state index < -0.39 is 12.6 Å². The highest BCUT2D eigenvalue weighted by atomic mass is 16.8. The average Bonchev–Trinajstić information content (AvgIpc) is 2.95. The van der Waals surface area contributed by atoms with Crippen molar-refractivity contribution in [2.75, 3.05) is 40.6 Å². The Morgan fingerprint density at radius 1 is 0.436 bits per heavy atom. The predicted octanol–water partition coefficient (Wildman–Crippen LogP) is 9.02. The minimum atomic E-state index is -0.813. The van der Waals surface area contributed by atoms with Crippen molar-refractivity contribution >= 4 is 0 Å². The molecule has 0 aliphatic heterocycles. The number of allylic oxidation sites excluding steroid dienone is 2. The van der Waals surface area contributed by atoms with E-state index in [1.165, 1.54) is 25.7 Å². The zero-order chi connectivity index (χ0) is 29.1. The maximum absolute atomic E-state index is 6.47. The molecule has 0 heterocycles. The van der Waals surface area contributed by atoms with E-state index in [0.29, 0.717) is 37.9 Å². The largest absolute Gasteiger partial charge is 0.494 e. The van der Waals surface area contributed by atoms with Crippen LogP contribution in [0.15, 0.2) is 23.0 Å². The van der Waals surface area contributed by atoms with Crippen molar-refractivity contribution in [1.29, 1.82) is 0 Å². The molecule has 0 bridgehead atoms. The summed E-state index contributed by atoms with van der Waals surface area (Å²) in [7, 11) is 3.24. The van der Waals surface area contributed by atoms with Crippen molar-refractivity contribution < 1.29 is 33.2 Å². The highest BCUT2D eigenvalue weighted by Crippen LogP contribution is 2.28. The molecule has 2 unspecified atom stereocenters. The van der Waals surface area contributed by atoms with E-state index in [1.807, 2.05) is 0 Å². The predicted molar refractivity (Wildman–Crippen MR) is 159 cm³/mol. The van der Waals surface area contributed by atoms with Gasteiger partial charge in [-0.25, -0.2) is 0 Å². The molecule has 0 aromatic carbocycles. The molecule has 0 spiro atoms. The first-order valence-corrected chi connectivity index (χ1v) is 15.8. The first-order valence-electron chi connectivity index (χ1n) is 15.8. The number of methoxy groups -OCH3 is 2. The number of hydrogen-bond acceptors (Lipinski definition) is 7. The zero-order valence-corrected chi connectivity index (χ0v) is 26.7. The van der Waals surface area contributed by atoms with E-state index >= 15 is 0 Å². The normalized spacial score (nSPS) is 14.4. The summed E-state index contributed by atoms with van der Waals surface area (Å²) < 4.78 is 43.1. The molecule has 0 aliphatic rings. The minimum Gasteiger partial charge on any atom is -0.494 e. The van der Waals surface area contributed by atoms with Crippen LogP contribution in [0.25, 0.3) is 0 Å². The third-order valence-corrected chi connectivity index (χ3v) is 6.05. The molecule has 39 heavy (non-hydrogen) atoms. The maximum Gasteiger partial charge on any atom is 0.222 e. The summed E-state index contributed by atoms with van der Waals surface area (Å²) in [6.07, 6.45) is 12.6. The van der Waals surface area contributed by atoms with E-state index in [1.54, 1.807) is 14.2 Å². The van der Waals surface area contributed by atoms with Gasteiger partial charge in [-0.2, -0.15) is 0 Å². The van der Waals surface area contributed by atoms with Gasteiger partial charge in [0.05, 0.1) is 26.4 Å². The van der Waals surface area contributed by atoms with Crippen LogP contribution in [0.5, 0.6) is 0 Å². The molecule has 2 atom stereocenters. The van der Waals surface area contributed by atoms with Crippen LogP contribution in [-0.4, -0.2) is 53.2 Å². The van der Waals surface area contributed by atoms with Gasteiger partial charge in [0.2, 0.25) is 12.6 Å². The molecule has 7 heteroatoms. The van der Waals surface area contributed by atoms with Crippen molar-refractivity contribution in [3.8, 4) is 0 Å². The number of rotatable bonds is 28. The van der Waals surface area contributed by atoms with Crippen LogP contribution in [-0.2, 0) is 33.2 Å². The molecular formula is C32H62O7. The fraction of sp³-hybridized carbons (Fsp3) is 0.875. The second kappa shape index (κ2) is 26.8. The van der Waals surface area contributed by atoms with Gasteiger partial charge in [-0.15, -0.1) is 0 Å². The molecule has 0 rings (SSSR count). The lowest BCUT2D eigenvalue weighted by Gasteiger charge is -2.29. The zero-order valence-electron chi connectivity index (χ0n) is 26.7. The molecular weight excluding hydrogens is 496 g/mol. The summed E-state index contributed by atoms with van der Waals surface area (Å²) in [5.41, 5.74) is 0. The molecule has 0 aliphatic carbocycles. The molecule has 7 nitrogen and oxygen atoms in total. The lowest BCUT2D eigenvalue weighted by Crippen LogP contribution is -2.32. The highest BCUT2D eigenvalue weighted by Gasteiger charge is 2.31. The van der Waals surface area contributed by atoms with E-state index in [9.17, 15) is 0 Å². The summed E-state index contributed by atoms with van der Waals surface area (Å²) in [4.78, 5) is 0. The van der Waals surface area contributed by atoms with Gasteiger partial charge in [-0.1, -0.05) is 80.1 Å². The minimum absolute atomic E-state index is 0.543. The smallest absolute Gasteiger partial charge is 0.222 e. The van der Waals surface area contributed by atoms with Crippen LogP contribution >= 0.6 is 0 Å². The SMILES string of the molecule is CCCCCCC(OCCC)=C(OCCC)C(OC)OC(OC)C(OCCC)=C(CCCCCC)OCCC. The summed E-state index contributed by atoms with van der Waals surface area (Å²) in [5, 5.41) is 0. The number of hydrogen-bond donors (Lipinski definition) is 0. The fourth-order valence-electron chi connectivity index (χ4n) is 3.95. The number of unbranched alkanes of at least 4 members (excludes halogenated alkanes) is 6. The molecule has 232 valence electrons. The lowest BCUT2D eigenvalue weighted by atomic mass is 10.1. The second-order valence-corrected chi connectivity index (χ2v) is 9.86. The van der Waals surface area contributed by atoms with Gasteiger partial charge in [0.15, 0.2) is 11.5 Å². The molecule has 0 N–H and O–H groups in total. The summed E-state index contributed by atoms with van der Waals surface area (Å²) in [6, 6.07) is 0. The Morgan fingerprint density at radius 2 is 0.795 bits per heavy atom. The van der Waals surface area contributed by atoms with Gasteiger partial charge in [0, 0.05) is 27.1 Å². The van der Waals surface area contributed by atoms with Crippen LogP contribution in [0.4, 0.5) is 0 Å². The highest BCUT2D eigenvalue weighted by molar-refractivity contribution is 5.09. The van der Waals surface area contributed by atoms with Crippen molar-refractivity contribution in [2.45, 2.75) is 144 Å². The Morgan fingerprint density at radius 3 is 1.10 bits per heavy atom. The maximum atomic E-state index is 6.47. The summed E-state index contributed by atoms with van der Waals surface area (Å²) >= 11 is 0. The van der Waals surface area contributed by atoms with Crippen LogP contribution < -0.4 is 0 Å². The van der Waals surface area contributed by atoms with Crippen LogP contribution in [0.2, 0.25) is 0 Å². The van der Waals surface area contributed by atoms with E-state index in [-0.39, 0.29) is 0 Å². The monoisotopic (exact) mass is 558 g/mol. The van der Waals surface area contributed by atoms with Crippen LogP contribution in [0.3, 0.4) is 0 Å². The Labute approximate surface area is 240 Å². The van der Waals surface area contributed by atoms with E-state index in [4.69, 9.17) is 33.2 Å². The molecule has 0 amide bonds. The standard InChI is InChI=1S/C32H62O7/c1-9-15-17-19-21-27(35-23-11-3)29(37-25-13-5)31(33-7)39-32(34-8)30(38-26-14-6)28(36-24-12-4)22-20-18-16-10-2/h31-32H,9-26H2,1-8H3. The summed E-state index contributed by atoms with van der Waals surface area (Å²) in [5.74, 6) is 2.76. The quantitative estimate of drug-likeness (QED) is 0.0539. The molecule has 0 fully saturated rings. The Bertz CT molecular complexity index is 566. The molecule has 0 aromatic heterocycles. The van der Waals surface area contributed by atoms with Gasteiger partial charge >= 0.3 is 0 Å². The molecule has 0 saturated carbocycles. The van der Waals surface area contributed by atoms with Gasteiger partial charge < -0.3 is 33.2 Å². The van der Waals surface area contributed by atoms with Gasteiger partial charge in [0.1, 0.15) is 11.5 Å². The topological polar surface area (TPSA) is 64.6 Å². The molecule has 0 aromatic rings. The lowest BCUT2D eigenvalue weighted by molar-refractivity contribution is -0.226. The average molecular weight is 559 g/mol. The summed E-state index contributed by atoms with van der Waals surface area (Å²) in [6.45, 7) is 15.1. The van der Waals surface area contributed by atoms with Gasteiger partial charge in [0.25, 0.3) is 0 Å². The van der Waals surface area contributed by atoms with Gasteiger partial charge in [-0.05, 0) is 38.5 Å². The second-order valence-electron chi connectivity index (χ2n) is 9.86. The third-order valence-electron chi connectivity index (χ3n) is 6.05. The van der Waals surface area contributed by atoms with E-state index in [2.05, 4.69) is 41.5 Å². The van der Waals surface area contributed by atoms with Gasteiger partial charge in [-0.3, -0.25) is 0 Å². The third kappa shape index (κ3) is 17.1. The van der Waals surface area contributed by atoms with Crippen molar-refractivity contribution in [3.05, 3.63) is 23.0 Å². The van der Waals surface area contributed by atoms with Crippen LogP contribution in [0, 0.1) is 0 Å². The van der Waals surface area contributed by atoms with Crippen molar-refractivity contribution in [1.82, 2.24) is 0 Å². The van der Waals surface area contributed by atoms with Crippen LogP contribution in [0.1, 0.15) is 131 Å². The molecule has 0 saturated heterocycles. The van der Waals surface area contributed by atoms with Crippen molar-refractivity contribution in [2.24, 2.45) is 0 Å². The Balaban J connectivity index is 6.31. The van der Waals surface area contributed by atoms with E-state index in [0.717, 1.165) is 75.7 Å². The van der Waals surface area contributed by atoms with Crippen molar-refractivity contribution in [3.63, 3.8) is 0 Å². The Kier molecular flexibility index (Phi) is 25.8.